The highest BCUT2D eigenvalue weighted by Gasteiger charge is 2.49. The van der Waals surface area contributed by atoms with Crippen LogP contribution in [0.5, 0.6) is 11.5 Å². The molecule has 0 aliphatic carbocycles. The van der Waals surface area contributed by atoms with Gasteiger partial charge < -0.3 is 92.5 Å². The summed E-state index contributed by atoms with van der Waals surface area (Å²) in [7, 11) is 7.24. The SMILES string of the molecule is C=CCOC(=O)N1c2cc(OCCCC(=O)Nc3cc(C(=O)Nc4ccc(-c5cc(C(=O)Nc6ccncc6)n(C)c5)cc4)n(C)c3)c(C)cc2C(=O)N2CCCC[C@H]2C1OC1CCCCO1.C=CCOC(=O)N1c2cc(OCCCC(=O)Nc3cc(C(=O)Nc4ccc(-c5ccn(C)c5)cc4)n(C)c3)c(C)cc2C(=O)N2CCCC[C@H]2C1OC1CCCCO1.O=C=O. The second kappa shape index (κ2) is 43.5. The van der Waals surface area contributed by atoms with Crippen molar-refractivity contribution in [1.82, 2.24) is 33.1 Å². The molecule has 33 heteroatoms. The molecule has 4 saturated heterocycles. The quantitative estimate of drug-likeness (QED) is 0.0225. The van der Waals surface area contributed by atoms with Crippen molar-refractivity contribution < 1.29 is 90.6 Å². The molecule has 4 unspecified atom stereocenters. The van der Waals surface area contributed by atoms with E-state index >= 15 is 0 Å². The van der Waals surface area contributed by atoms with Gasteiger partial charge in [-0.2, -0.15) is 9.59 Å². The minimum absolute atomic E-state index is 0.0155. The Morgan fingerprint density at radius 1 is 0.477 bits per heavy atom. The topological polar surface area (TPSA) is 367 Å². The number of hydrogen-bond donors (Lipinski definition) is 5. The van der Waals surface area contributed by atoms with Crippen LogP contribution >= 0.6 is 0 Å². The fourth-order valence-corrected chi connectivity index (χ4v) is 16.5. The summed E-state index contributed by atoms with van der Waals surface area (Å²) in [6, 6.07) is 31.5. The van der Waals surface area contributed by atoms with Crippen molar-refractivity contribution in [3.63, 3.8) is 0 Å². The normalized spacial score (nSPS) is 18.1. The molecule has 11 heterocycles. The van der Waals surface area contributed by atoms with E-state index in [1.807, 2.05) is 96.3 Å². The number of fused-ring (bicyclic) bond motifs is 4. The van der Waals surface area contributed by atoms with Crippen LogP contribution in [0.2, 0.25) is 0 Å². The third kappa shape index (κ3) is 22.7. The largest absolute Gasteiger partial charge is 0.493 e. The Morgan fingerprint density at radius 3 is 1.30 bits per heavy atom. The van der Waals surface area contributed by atoms with Crippen LogP contribution in [0.4, 0.5) is 49.4 Å². The van der Waals surface area contributed by atoms with Crippen molar-refractivity contribution in [3.05, 3.63) is 217 Å². The Balaban J connectivity index is 0.000000214. The molecule has 0 spiro atoms. The minimum Gasteiger partial charge on any atom is -0.493 e. The number of carbonyl (C=O) groups excluding carboxylic acids is 11. The van der Waals surface area contributed by atoms with E-state index in [1.165, 1.54) is 22.0 Å². The van der Waals surface area contributed by atoms with Gasteiger partial charge in [-0.15, -0.1) is 0 Å². The summed E-state index contributed by atoms with van der Waals surface area (Å²) in [4.78, 5) is 149. The van der Waals surface area contributed by atoms with E-state index in [0.29, 0.717) is 155 Å². The number of piperidine rings is 2. The third-order valence-corrected chi connectivity index (χ3v) is 22.9. The molecular formula is C95H108N14O19. The second-order valence-electron chi connectivity index (χ2n) is 32.1. The molecule has 5 N–H and O–H groups in total. The summed E-state index contributed by atoms with van der Waals surface area (Å²) in [6.45, 7) is 13.6. The highest BCUT2D eigenvalue weighted by Crippen LogP contribution is 2.43. The van der Waals surface area contributed by atoms with Gasteiger partial charge in [-0.1, -0.05) is 49.6 Å². The number of carbonyl (C=O) groups is 9. The first-order valence-electron chi connectivity index (χ1n) is 43.1. The summed E-state index contributed by atoms with van der Waals surface area (Å²) in [5.41, 5.74) is 10.7. The maximum absolute atomic E-state index is 14.2. The number of ether oxygens (including phenoxy) is 8. The number of benzene rings is 4. The molecule has 5 aromatic heterocycles. The number of anilines is 7. The van der Waals surface area contributed by atoms with Crippen LogP contribution in [-0.4, -0.2) is 183 Å². The van der Waals surface area contributed by atoms with Crippen LogP contribution < -0.4 is 45.9 Å². The van der Waals surface area contributed by atoms with Gasteiger partial charge in [-0.3, -0.25) is 38.5 Å². The highest BCUT2D eigenvalue weighted by atomic mass is 16.7. The molecular weight excluding hydrogens is 1640 g/mol. The molecule has 6 atom stereocenters. The molecule has 0 radical (unpaired) electrons. The number of pyridine rings is 1. The van der Waals surface area contributed by atoms with Crippen molar-refractivity contribution >= 4 is 99.5 Å². The minimum atomic E-state index is -0.863. The van der Waals surface area contributed by atoms with E-state index in [9.17, 15) is 43.2 Å². The number of nitrogens with zero attached hydrogens (tertiary/aromatic N) is 9. The van der Waals surface area contributed by atoms with E-state index in [2.05, 4.69) is 44.7 Å². The van der Waals surface area contributed by atoms with Gasteiger partial charge in [0.05, 0.1) is 59.2 Å². The van der Waals surface area contributed by atoms with Crippen LogP contribution in [0.15, 0.2) is 178 Å². The zero-order valence-corrected chi connectivity index (χ0v) is 72.7. The van der Waals surface area contributed by atoms with Gasteiger partial charge >= 0.3 is 18.3 Å². The van der Waals surface area contributed by atoms with Gasteiger partial charge in [0.2, 0.25) is 11.8 Å². The second-order valence-corrected chi connectivity index (χ2v) is 32.1. The van der Waals surface area contributed by atoms with Crippen LogP contribution in [0.1, 0.15) is 166 Å². The molecule has 0 bridgehead atoms. The first-order valence-corrected chi connectivity index (χ1v) is 43.1. The number of hydrogen-bond acceptors (Lipinski definition) is 20. The van der Waals surface area contributed by atoms with E-state index in [0.717, 1.165) is 73.6 Å². The van der Waals surface area contributed by atoms with Gasteiger partial charge in [-0.05, 0) is 204 Å². The van der Waals surface area contributed by atoms with Crippen molar-refractivity contribution in [2.75, 3.05) is 89.1 Å². The average Bonchev–Trinajstić information content (AvgIpc) is 1.60. The maximum Gasteiger partial charge on any atom is 0.416 e. The van der Waals surface area contributed by atoms with Crippen molar-refractivity contribution in [2.24, 2.45) is 28.2 Å². The fraction of sp³-hybridized carbons (Fsp3) is 0.379. The van der Waals surface area contributed by atoms with E-state index in [-0.39, 0.29) is 86.8 Å². The maximum atomic E-state index is 14.2. The zero-order valence-electron chi connectivity index (χ0n) is 72.7. The van der Waals surface area contributed by atoms with Gasteiger partial charge in [0.25, 0.3) is 29.5 Å². The Kier molecular flexibility index (Phi) is 31.2. The average molecular weight is 1750 g/mol. The number of aryl methyl sites for hydroxylation is 6. The monoisotopic (exact) mass is 1750 g/mol. The lowest BCUT2D eigenvalue weighted by Gasteiger charge is -2.42. The number of rotatable bonds is 28. The first kappa shape index (κ1) is 92.0. The highest BCUT2D eigenvalue weighted by molar-refractivity contribution is 6.09. The van der Waals surface area contributed by atoms with Gasteiger partial charge in [0, 0.05) is 145 Å². The van der Waals surface area contributed by atoms with Crippen molar-refractivity contribution in [2.45, 2.75) is 154 Å². The lowest BCUT2D eigenvalue weighted by Crippen LogP contribution is -2.57. The summed E-state index contributed by atoms with van der Waals surface area (Å²) < 4.78 is 55.8. The number of nitrogens with one attached hydrogen (secondary N) is 5. The van der Waals surface area contributed by atoms with E-state index in [1.54, 1.807) is 126 Å². The summed E-state index contributed by atoms with van der Waals surface area (Å²) in [5, 5.41) is 14.5. The lowest BCUT2D eigenvalue weighted by atomic mass is 10.00. The lowest BCUT2D eigenvalue weighted by molar-refractivity contribution is -0.199. The first-order chi connectivity index (χ1) is 62.0. The molecule has 4 aromatic carbocycles. The molecule has 9 amide bonds. The summed E-state index contributed by atoms with van der Waals surface area (Å²) in [5.74, 6) is -0.864. The molecule has 0 saturated carbocycles. The molecule has 6 aliphatic rings. The summed E-state index contributed by atoms with van der Waals surface area (Å²) >= 11 is 0. The molecule has 128 heavy (non-hydrogen) atoms. The standard InChI is InChI=1S/C50H56N8O9.C44H52N6O8.CO2/c1-5-23-66-50(63)58-40-29-43(32(2)26-38(40)48(62)57-22-8-6-11-39(57)49(58)67-45-13-7-9-24-65-45)64-25-10-12-44(59)52-37-28-42(56(4)31-37)47(61)53-35-16-14-33(15-17-35)34-27-41(55(3)30-34)46(60)54-36-18-20-51-21-19-36;1-5-21-57-44(54)50-36-26-38(29(2)24-34(36)42(53)49-19-8-6-11-35(49)43(50)58-40-13-7-9-22-56-40)55-23-10-12-39(51)45-33-25-37(48(4)28-33)41(52)46-32-16-14-30(15-17-32)31-18-20-47(3)27-31;2-1-3/h5,14-21,26-31,39,45,49H,1,6-13,22-25H2,2-4H3,(H,52,59)(H,53,61)(H,51,54,60);5,14-18,20,24-28,35,40,43H,1,6-13,19,21-23H2,2-4H3,(H,45,51)(H,46,52);/t39-,45?,49?;35-,40?,43?;/m00./s1. The van der Waals surface area contributed by atoms with Crippen LogP contribution in [-0.2, 0) is 75.8 Å². The van der Waals surface area contributed by atoms with E-state index in [4.69, 9.17) is 47.5 Å². The molecule has 15 rings (SSSR count). The predicted octanol–water partition coefficient (Wildman–Crippen LogP) is 14.9. The van der Waals surface area contributed by atoms with Crippen molar-refractivity contribution in [1.29, 1.82) is 0 Å². The number of aromatic nitrogens is 5. The third-order valence-electron chi connectivity index (χ3n) is 22.9. The molecule has 9 aromatic rings. The molecule has 4 fully saturated rings. The summed E-state index contributed by atoms with van der Waals surface area (Å²) in [6.07, 6.45) is 22.4. The van der Waals surface area contributed by atoms with Crippen LogP contribution in [0, 0.1) is 13.8 Å². The molecule has 6 aliphatic heterocycles. The van der Waals surface area contributed by atoms with Crippen molar-refractivity contribution in [3.8, 4) is 33.8 Å². The fourth-order valence-electron chi connectivity index (χ4n) is 16.5. The van der Waals surface area contributed by atoms with Gasteiger partial charge in [-0.25, -0.2) is 19.4 Å². The van der Waals surface area contributed by atoms with Gasteiger partial charge in [0.1, 0.15) is 41.8 Å². The smallest absolute Gasteiger partial charge is 0.416 e. The predicted molar refractivity (Wildman–Crippen MR) is 477 cm³/mol. The van der Waals surface area contributed by atoms with E-state index < -0.39 is 49.3 Å². The Morgan fingerprint density at radius 2 is 0.891 bits per heavy atom. The molecule has 33 nitrogen and oxygen atoms in total. The zero-order chi connectivity index (χ0) is 90.5. The Labute approximate surface area is 741 Å². The Bertz CT molecular complexity index is 5520. The van der Waals surface area contributed by atoms with Crippen LogP contribution in [0.3, 0.4) is 0 Å². The van der Waals surface area contributed by atoms with Crippen LogP contribution in [0.25, 0.3) is 22.3 Å². The Hall–Kier alpha value is -13.7. The molecule has 672 valence electrons. The van der Waals surface area contributed by atoms with Gasteiger partial charge in [0.15, 0.2) is 25.0 Å². The number of amides is 9.